The van der Waals surface area contributed by atoms with E-state index in [1.807, 2.05) is 12.1 Å². The van der Waals surface area contributed by atoms with Crippen molar-refractivity contribution in [3.63, 3.8) is 0 Å². The molecule has 0 aliphatic heterocycles. The van der Waals surface area contributed by atoms with Crippen LogP contribution in [0.5, 0.6) is 0 Å². The monoisotopic (exact) mass is 324 g/mol. The van der Waals surface area contributed by atoms with Gasteiger partial charge in [0.1, 0.15) is 0 Å². The van der Waals surface area contributed by atoms with Crippen molar-refractivity contribution in [2.75, 3.05) is 10.5 Å². The van der Waals surface area contributed by atoms with E-state index in [9.17, 15) is 8.42 Å². The Kier molecular flexibility index (Phi) is 4.75. The van der Waals surface area contributed by atoms with Gasteiger partial charge in [-0.15, -0.1) is 0 Å². The van der Waals surface area contributed by atoms with Crippen molar-refractivity contribution in [2.45, 2.75) is 24.7 Å². The normalized spacial score (nSPS) is 11.3. The lowest BCUT2D eigenvalue weighted by molar-refractivity contribution is 0.601. The van der Waals surface area contributed by atoms with Crippen LogP contribution in [0.15, 0.2) is 47.4 Å². The summed E-state index contributed by atoms with van der Waals surface area (Å²) in [5.41, 5.74) is 7.49. The molecule has 2 rings (SSSR count). The van der Waals surface area contributed by atoms with Gasteiger partial charge in [0.05, 0.1) is 15.6 Å². The molecule has 2 aromatic rings. The Morgan fingerprint density at radius 1 is 1.14 bits per heavy atom. The number of sulfonamides is 1. The summed E-state index contributed by atoms with van der Waals surface area (Å²) in [6.07, 6.45) is 1.95. The number of aryl methyl sites for hydroxylation is 1. The summed E-state index contributed by atoms with van der Waals surface area (Å²) in [7, 11) is -3.66. The van der Waals surface area contributed by atoms with E-state index in [-0.39, 0.29) is 9.92 Å². The standard InChI is InChI=1S/C15H17ClN2O2S/c1-2-3-11-4-7-13(8-5-11)21(19,20)18-15-9-6-12(17)10-14(15)16/h4-10,18H,2-3,17H2,1H3. The number of anilines is 2. The molecule has 2 aromatic carbocycles. The number of rotatable bonds is 5. The molecule has 0 radical (unpaired) electrons. The first kappa shape index (κ1) is 15.7. The molecule has 0 saturated heterocycles. The van der Waals surface area contributed by atoms with Gasteiger partial charge in [0.15, 0.2) is 0 Å². The van der Waals surface area contributed by atoms with Crippen molar-refractivity contribution in [3.8, 4) is 0 Å². The number of hydrogen-bond acceptors (Lipinski definition) is 3. The molecule has 0 aliphatic rings. The van der Waals surface area contributed by atoms with Crippen molar-refractivity contribution in [1.82, 2.24) is 0 Å². The molecule has 21 heavy (non-hydrogen) atoms. The smallest absolute Gasteiger partial charge is 0.261 e. The topological polar surface area (TPSA) is 72.2 Å². The molecule has 0 heterocycles. The molecule has 3 N–H and O–H groups in total. The number of hydrogen-bond donors (Lipinski definition) is 2. The van der Waals surface area contributed by atoms with E-state index in [0.29, 0.717) is 11.4 Å². The summed E-state index contributed by atoms with van der Waals surface area (Å²) in [6.45, 7) is 2.08. The number of nitrogen functional groups attached to an aromatic ring is 1. The second-order valence-corrected chi connectivity index (χ2v) is 6.83. The molecule has 0 unspecified atom stereocenters. The molecule has 0 spiro atoms. The fourth-order valence-electron chi connectivity index (χ4n) is 1.94. The largest absolute Gasteiger partial charge is 0.399 e. The second kappa shape index (κ2) is 6.37. The van der Waals surface area contributed by atoms with Gasteiger partial charge in [-0.25, -0.2) is 8.42 Å². The van der Waals surface area contributed by atoms with E-state index in [4.69, 9.17) is 17.3 Å². The Morgan fingerprint density at radius 2 is 1.81 bits per heavy atom. The highest BCUT2D eigenvalue weighted by molar-refractivity contribution is 7.92. The molecule has 0 aliphatic carbocycles. The first-order chi connectivity index (χ1) is 9.92. The summed E-state index contributed by atoms with van der Waals surface area (Å²) in [4.78, 5) is 0.204. The maximum absolute atomic E-state index is 12.3. The van der Waals surface area contributed by atoms with E-state index >= 15 is 0 Å². The highest BCUT2D eigenvalue weighted by Crippen LogP contribution is 2.26. The van der Waals surface area contributed by atoms with Crippen LogP contribution in [0.4, 0.5) is 11.4 Å². The molecule has 0 fully saturated rings. The zero-order chi connectivity index (χ0) is 15.5. The van der Waals surface area contributed by atoms with Crippen molar-refractivity contribution >= 4 is 33.0 Å². The average Bonchev–Trinajstić information content (AvgIpc) is 2.43. The Labute approximate surface area is 130 Å². The lowest BCUT2D eigenvalue weighted by Gasteiger charge is -2.10. The Hall–Kier alpha value is -1.72. The molecule has 0 amide bonds. The van der Waals surface area contributed by atoms with Crippen LogP contribution < -0.4 is 10.5 Å². The van der Waals surface area contributed by atoms with Crippen LogP contribution in [0.25, 0.3) is 0 Å². The third-order valence-electron chi connectivity index (χ3n) is 3.01. The number of nitrogens with one attached hydrogen (secondary N) is 1. The molecule has 6 heteroatoms. The number of benzene rings is 2. The highest BCUT2D eigenvalue weighted by atomic mass is 35.5. The predicted octanol–water partition coefficient (Wildman–Crippen LogP) is 3.68. The van der Waals surface area contributed by atoms with Gasteiger partial charge in [-0.2, -0.15) is 0 Å². The number of nitrogens with two attached hydrogens (primary N) is 1. The molecule has 4 nitrogen and oxygen atoms in total. The molecule has 0 saturated carbocycles. The molecule has 0 atom stereocenters. The van der Waals surface area contributed by atoms with Crippen LogP contribution in [0.3, 0.4) is 0 Å². The van der Waals surface area contributed by atoms with Crippen molar-refractivity contribution < 1.29 is 8.42 Å². The zero-order valence-corrected chi connectivity index (χ0v) is 13.2. The fraction of sp³-hybridized carbons (Fsp3) is 0.200. The van der Waals surface area contributed by atoms with Gasteiger partial charge in [0, 0.05) is 5.69 Å². The second-order valence-electron chi connectivity index (χ2n) is 4.74. The van der Waals surface area contributed by atoms with Gasteiger partial charge in [-0.3, -0.25) is 4.72 Å². The maximum Gasteiger partial charge on any atom is 0.261 e. The quantitative estimate of drug-likeness (QED) is 0.824. The Bertz CT molecular complexity index is 728. The Morgan fingerprint density at radius 3 is 2.38 bits per heavy atom. The zero-order valence-electron chi connectivity index (χ0n) is 11.6. The minimum Gasteiger partial charge on any atom is -0.399 e. The average molecular weight is 325 g/mol. The summed E-state index contributed by atoms with van der Waals surface area (Å²) >= 11 is 5.98. The van der Waals surface area contributed by atoms with Gasteiger partial charge in [0.2, 0.25) is 0 Å². The van der Waals surface area contributed by atoms with E-state index in [1.54, 1.807) is 24.3 Å². The van der Waals surface area contributed by atoms with E-state index < -0.39 is 10.0 Å². The summed E-state index contributed by atoms with van der Waals surface area (Å²) in [5, 5.41) is 0.265. The SMILES string of the molecule is CCCc1ccc(S(=O)(=O)Nc2ccc(N)cc2Cl)cc1. The van der Waals surface area contributed by atoms with E-state index in [1.165, 1.54) is 6.07 Å². The first-order valence-corrected chi connectivity index (χ1v) is 8.45. The van der Waals surface area contributed by atoms with Crippen LogP contribution in [0.2, 0.25) is 5.02 Å². The van der Waals surface area contributed by atoms with Crippen LogP contribution in [-0.2, 0) is 16.4 Å². The van der Waals surface area contributed by atoms with Crippen molar-refractivity contribution in [2.24, 2.45) is 0 Å². The summed E-state index contributed by atoms with van der Waals surface area (Å²) < 4.78 is 27.1. The fourth-order valence-corrected chi connectivity index (χ4v) is 3.31. The van der Waals surface area contributed by atoms with Crippen molar-refractivity contribution in [1.29, 1.82) is 0 Å². The molecule has 0 aromatic heterocycles. The molecule has 112 valence electrons. The minimum atomic E-state index is -3.66. The lowest BCUT2D eigenvalue weighted by atomic mass is 10.1. The van der Waals surface area contributed by atoms with Gasteiger partial charge in [-0.1, -0.05) is 37.1 Å². The Balaban J connectivity index is 2.25. The maximum atomic E-state index is 12.3. The summed E-state index contributed by atoms with van der Waals surface area (Å²) in [6, 6.07) is 11.5. The highest BCUT2D eigenvalue weighted by Gasteiger charge is 2.15. The van der Waals surface area contributed by atoms with Crippen LogP contribution in [0, 0.1) is 0 Å². The number of halogens is 1. The van der Waals surface area contributed by atoms with Crippen LogP contribution in [-0.4, -0.2) is 8.42 Å². The van der Waals surface area contributed by atoms with E-state index in [0.717, 1.165) is 18.4 Å². The molecular weight excluding hydrogens is 308 g/mol. The molecular formula is C15H17ClN2O2S. The minimum absolute atomic E-state index is 0.204. The van der Waals surface area contributed by atoms with Gasteiger partial charge in [-0.05, 0) is 42.3 Å². The third kappa shape index (κ3) is 3.89. The third-order valence-corrected chi connectivity index (χ3v) is 4.70. The van der Waals surface area contributed by atoms with Gasteiger partial charge >= 0.3 is 0 Å². The van der Waals surface area contributed by atoms with Crippen molar-refractivity contribution in [3.05, 3.63) is 53.1 Å². The molecule has 0 bridgehead atoms. The summed E-state index contributed by atoms with van der Waals surface area (Å²) in [5.74, 6) is 0. The van der Waals surface area contributed by atoms with Crippen LogP contribution >= 0.6 is 11.6 Å². The van der Waals surface area contributed by atoms with E-state index in [2.05, 4.69) is 11.6 Å². The lowest BCUT2D eigenvalue weighted by Crippen LogP contribution is -2.13. The van der Waals surface area contributed by atoms with Crippen LogP contribution in [0.1, 0.15) is 18.9 Å². The predicted molar refractivity (Wildman–Crippen MR) is 87.1 cm³/mol. The van der Waals surface area contributed by atoms with Gasteiger partial charge < -0.3 is 5.73 Å². The first-order valence-electron chi connectivity index (χ1n) is 6.59. The van der Waals surface area contributed by atoms with Gasteiger partial charge in [0.25, 0.3) is 10.0 Å².